The van der Waals surface area contributed by atoms with Crippen molar-refractivity contribution in [3.63, 3.8) is 0 Å². The van der Waals surface area contributed by atoms with Crippen LogP contribution in [0.2, 0.25) is 0 Å². The molecule has 2 amide bonds. The van der Waals surface area contributed by atoms with Gasteiger partial charge in [0.2, 0.25) is 11.8 Å². The average Bonchev–Trinajstić information content (AvgIpc) is 2.36. The molecule has 1 atom stereocenters. The van der Waals surface area contributed by atoms with E-state index in [4.69, 9.17) is 10.5 Å². The SMILES string of the molecule is COc1ccc(F)cc1C(C)NC(=O)C1(C(N)=O)CCC1. The van der Waals surface area contributed by atoms with Gasteiger partial charge in [-0.05, 0) is 38.0 Å². The molecular weight excluding hydrogens is 275 g/mol. The van der Waals surface area contributed by atoms with Crippen LogP contribution >= 0.6 is 0 Å². The second-order valence-corrected chi connectivity index (χ2v) is 5.38. The van der Waals surface area contributed by atoms with Crippen LogP contribution in [0, 0.1) is 11.2 Å². The molecule has 1 aromatic rings. The molecule has 0 aliphatic heterocycles. The van der Waals surface area contributed by atoms with E-state index in [-0.39, 0.29) is 0 Å². The third kappa shape index (κ3) is 2.70. The van der Waals surface area contributed by atoms with E-state index in [1.807, 2.05) is 0 Å². The van der Waals surface area contributed by atoms with Gasteiger partial charge in [0.15, 0.2) is 0 Å². The monoisotopic (exact) mass is 294 g/mol. The van der Waals surface area contributed by atoms with Crippen LogP contribution in [0.15, 0.2) is 18.2 Å². The number of hydrogen-bond donors (Lipinski definition) is 2. The van der Waals surface area contributed by atoms with Gasteiger partial charge in [-0.2, -0.15) is 0 Å². The molecule has 3 N–H and O–H groups in total. The van der Waals surface area contributed by atoms with Gasteiger partial charge in [0, 0.05) is 5.56 Å². The van der Waals surface area contributed by atoms with Gasteiger partial charge >= 0.3 is 0 Å². The Bertz CT molecular complexity index is 570. The van der Waals surface area contributed by atoms with Crippen molar-refractivity contribution in [3.8, 4) is 5.75 Å². The zero-order chi connectivity index (χ0) is 15.6. The van der Waals surface area contributed by atoms with Crippen LogP contribution < -0.4 is 15.8 Å². The Morgan fingerprint density at radius 2 is 2.10 bits per heavy atom. The molecule has 1 aliphatic rings. The number of nitrogens with one attached hydrogen (secondary N) is 1. The third-order valence-corrected chi connectivity index (χ3v) is 4.12. The minimum Gasteiger partial charge on any atom is -0.496 e. The van der Waals surface area contributed by atoms with Crippen molar-refractivity contribution in [2.24, 2.45) is 11.1 Å². The fourth-order valence-corrected chi connectivity index (χ4v) is 2.57. The minimum atomic E-state index is -1.12. The average molecular weight is 294 g/mol. The van der Waals surface area contributed by atoms with E-state index in [0.29, 0.717) is 24.2 Å². The van der Waals surface area contributed by atoms with Crippen molar-refractivity contribution in [3.05, 3.63) is 29.6 Å². The van der Waals surface area contributed by atoms with Crippen molar-refractivity contribution in [2.75, 3.05) is 7.11 Å². The van der Waals surface area contributed by atoms with Crippen LogP contribution in [0.1, 0.15) is 37.8 Å². The third-order valence-electron chi connectivity index (χ3n) is 4.12. The first kappa shape index (κ1) is 15.3. The van der Waals surface area contributed by atoms with Gasteiger partial charge in [-0.25, -0.2) is 4.39 Å². The molecule has 0 aromatic heterocycles. The predicted molar refractivity (Wildman–Crippen MR) is 75.0 cm³/mol. The number of carbonyl (C=O) groups is 2. The van der Waals surface area contributed by atoms with Gasteiger partial charge in [-0.1, -0.05) is 6.42 Å². The Kier molecular flexibility index (Phi) is 4.16. The maximum Gasteiger partial charge on any atom is 0.236 e. The van der Waals surface area contributed by atoms with Crippen LogP contribution in [0.4, 0.5) is 4.39 Å². The number of hydrogen-bond acceptors (Lipinski definition) is 3. The van der Waals surface area contributed by atoms with Gasteiger partial charge in [-0.15, -0.1) is 0 Å². The second-order valence-electron chi connectivity index (χ2n) is 5.38. The minimum absolute atomic E-state index is 0.403. The summed E-state index contributed by atoms with van der Waals surface area (Å²) in [6.07, 6.45) is 1.72. The highest BCUT2D eigenvalue weighted by molar-refractivity contribution is 6.05. The summed E-state index contributed by atoms with van der Waals surface area (Å²) < 4.78 is 18.5. The van der Waals surface area contributed by atoms with Gasteiger partial charge in [0.1, 0.15) is 17.0 Å². The number of rotatable bonds is 5. The standard InChI is InChI=1S/C15H19FN2O3/c1-9(11-8-10(16)4-5-12(11)21-2)18-14(20)15(13(17)19)6-3-7-15/h4-5,8-9H,3,6-7H2,1-2H3,(H2,17,19)(H,18,20). The van der Waals surface area contributed by atoms with Crippen LogP contribution in [-0.4, -0.2) is 18.9 Å². The maximum atomic E-state index is 13.4. The molecule has 0 bridgehead atoms. The molecule has 1 aromatic carbocycles. The summed E-state index contributed by atoms with van der Waals surface area (Å²) in [5, 5.41) is 2.74. The summed E-state index contributed by atoms with van der Waals surface area (Å²) in [6.45, 7) is 1.71. The lowest BCUT2D eigenvalue weighted by Crippen LogP contribution is -2.54. The van der Waals surface area contributed by atoms with Gasteiger partial charge in [0.05, 0.1) is 13.2 Å². The number of ether oxygens (including phenoxy) is 1. The summed E-state index contributed by atoms with van der Waals surface area (Å²) in [7, 11) is 1.47. The smallest absolute Gasteiger partial charge is 0.236 e. The molecule has 5 nitrogen and oxygen atoms in total. The number of primary amides is 1. The highest BCUT2D eigenvalue weighted by atomic mass is 19.1. The van der Waals surface area contributed by atoms with E-state index in [1.165, 1.54) is 25.3 Å². The van der Waals surface area contributed by atoms with Gasteiger partial charge in [-0.3, -0.25) is 9.59 Å². The van der Waals surface area contributed by atoms with Crippen LogP contribution in [-0.2, 0) is 9.59 Å². The number of halogens is 1. The lowest BCUT2D eigenvalue weighted by molar-refractivity contribution is -0.148. The lowest BCUT2D eigenvalue weighted by Gasteiger charge is -2.37. The van der Waals surface area contributed by atoms with Crippen molar-refractivity contribution >= 4 is 11.8 Å². The quantitative estimate of drug-likeness (QED) is 0.810. The Labute approximate surface area is 122 Å². The molecule has 0 heterocycles. The van der Waals surface area contributed by atoms with Crippen molar-refractivity contribution in [2.45, 2.75) is 32.2 Å². The molecule has 2 rings (SSSR count). The van der Waals surface area contributed by atoms with Crippen molar-refractivity contribution in [1.29, 1.82) is 0 Å². The fraction of sp³-hybridized carbons (Fsp3) is 0.467. The largest absolute Gasteiger partial charge is 0.496 e. The first-order valence-electron chi connectivity index (χ1n) is 6.85. The van der Waals surface area contributed by atoms with E-state index in [2.05, 4.69) is 5.32 Å². The molecule has 114 valence electrons. The molecule has 0 radical (unpaired) electrons. The number of nitrogens with two attached hydrogens (primary N) is 1. The Morgan fingerprint density at radius 1 is 1.43 bits per heavy atom. The maximum absolute atomic E-state index is 13.4. The van der Waals surface area contributed by atoms with Crippen LogP contribution in [0.25, 0.3) is 0 Å². The summed E-state index contributed by atoms with van der Waals surface area (Å²) in [5.41, 5.74) is 4.75. The van der Waals surface area contributed by atoms with E-state index < -0.39 is 29.1 Å². The molecule has 0 spiro atoms. The first-order valence-corrected chi connectivity index (χ1v) is 6.85. The molecule has 1 saturated carbocycles. The number of methoxy groups -OCH3 is 1. The highest BCUT2D eigenvalue weighted by Crippen LogP contribution is 2.41. The zero-order valence-corrected chi connectivity index (χ0v) is 12.1. The highest BCUT2D eigenvalue weighted by Gasteiger charge is 2.49. The summed E-state index contributed by atoms with van der Waals surface area (Å²) >= 11 is 0. The van der Waals surface area contributed by atoms with Crippen molar-refractivity contribution < 1.29 is 18.7 Å². The van der Waals surface area contributed by atoms with E-state index in [1.54, 1.807) is 6.92 Å². The predicted octanol–water partition coefficient (Wildman–Crippen LogP) is 1.67. The summed E-state index contributed by atoms with van der Waals surface area (Å²) in [6, 6.07) is 3.61. The second kappa shape index (κ2) is 5.71. The number of benzene rings is 1. The molecule has 6 heteroatoms. The molecule has 21 heavy (non-hydrogen) atoms. The molecule has 1 unspecified atom stereocenters. The lowest BCUT2D eigenvalue weighted by atomic mass is 9.67. The molecule has 1 fully saturated rings. The Morgan fingerprint density at radius 3 is 2.57 bits per heavy atom. The van der Waals surface area contributed by atoms with Crippen molar-refractivity contribution in [1.82, 2.24) is 5.32 Å². The zero-order valence-electron chi connectivity index (χ0n) is 12.1. The first-order chi connectivity index (χ1) is 9.90. The Hall–Kier alpha value is -2.11. The van der Waals surface area contributed by atoms with E-state index >= 15 is 0 Å². The number of amides is 2. The summed E-state index contributed by atoms with van der Waals surface area (Å²) in [4.78, 5) is 23.8. The molecule has 0 saturated heterocycles. The topological polar surface area (TPSA) is 81.4 Å². The van der Waals surface area contributed by atoms with Gasteiger partial charge in [0.25, 0.3) is 0 Å². The fourth-order valence-electron chi connectivity index (χ4n) is 2.57. The number of carbonyl (C=O) groups excluding carboxylic acids is 2. The van der Waals surface area contributed by atoms with Crippen LogP contribution in [0.5, 0.6) is 5.75 Å². The Balaban J connectivity index is 2.18. The molecular formula is C15H19FN2O3. The van der Waals surface area contributed by atoms with E-state index in [0.717, 1.165) is 6.42 Å². The van der Waals surface area contributed by atoms with Gasteiger partial charge < -0.3 is 15.8 Å². The normalized spacial score (nSPS) is 17.5. The summed E-state index contributed by atoms with van der Waals surface area (Å²) in [5.74, 6) is -0.948. The molecule has 1 aliphatic carbocycles. The van der Waals surface area contributed by atoms with Crippen LogP contribution in [0.3, 0.4) is 0 Å². The van der Waals surface area contributed by atoms with E-state index in [9.17, 15) is 14.0 Å².